The Morgan fingerprint density at radius 3 is 1.10 bits per heavy atom. The number of carbonyl (C=O) groups excluding carboxylic acids is 3. The third kappa shape index (κ3) is 51.7. The Kier molecular flexibility index (Phi) is 48.9. The van der Waals surface area contributed by atoms with Crippen molar-refractivity contribution in [3.8, 4) is 0 Å². The van der Waals surface area contributed by atoms with E-state index >= 15 is 0 Å². The molecule has 2 atom stereocenters. The second kappa shape index (κ2) is 50.4. The number of ether oxygens (including phenoxy) is 4. The van der Waals surface area contributed by atoms with Crippen molar-refractivity contribution in [2.75, 3.05) is 47.5 Å². The monoisotopic (exact) mass is 950 g/mol. The molecule has 0 aliphatic heterocycles. The molecule has 0 saturated heterocycles. The highest BCUT2D eigenvalue weighted by Crippen LogP contribution is 2.17. The number of likely N-dealkylation sites (N-methyl/N-ethyl adjacent to an activating group) is 1. The van der Waals surface area contributed by atoms with Gasteiger partial charge in [0.15, 0.2) is 12.4 Å². The second-order valence-corrected chi connectivity index (χ2v) is 20.9. The van der Waals surface area contributed by atoms with Crippen LogP contribution in [0.3, 0.4) is 0 Å². The maximum Gasteiger partial charge on any atom is 0.306 e. The zero-order valence-corrected chi connectivity index (χ0v) is 45.0. The minimum absolute atomic E-state index is 0.152. The quantitative estimate of drug-likeness (QED) is 0.0195. The molecule has 0 heterocycles. The fourth-order valence-electron chi connectivity index (χ4n) is 8.53. The lowest BCUT2D eigenvalue weighted by Gasteiger charge is -2.26. The number of carboxylic acid groups (broad SMARTS) is 1. The van der Waals surface area contributed by atoms with E-state index < -0.39 is 24.3 Å². The molecule has 0 bridgehead atoms. The molecule has 2 unspecified atom stereocenters. The van der Waals surface area contributed by atoms with Crippen molar-refractivity contribution >= 4 is 17.9 Å². The van der Waals surface area contributed by atoms with E-state index in [1.165, 1.54) is 218 Å². The van der Waals surface area contributed by atoms with Gasteiger partial charge in [-0.25, -0.2) is 0 Å². The fourth-order valence-corrected chi connectivity index (χ4v) is 8.53. The van der Waals surface area contributed by atoms with Crippen LogP contribution in [0.15, 0.2) is 12.2 Å². The van der Waals surface area contributed by atoms with E-state index in [9.17, 15) is 19.5 Å². The van der Waals surface area contributed by atoms with Crippen LogP contribution in [-0.4, -0.2) is 82.3 Å². The molecule has 0 aromatic carbocycles. The predicted molar refractivity (Wildman–Crippen MR) is 279 cm³/mol. The Morgan fingerprint density at radius 2 is 0.761 bits per heavy atom. The third-order valence-electron chi connectivity index (χ3n) is 13.0. The molecule has 0 amide bonds. The Labute approximate surface area is 415 Å². The van der Waals surface area contributed by atoms with E-state index in [0.717, 1.165) is 38.5 Å². The first kappa shape index (κ1) is 65.0. The van der Waals surface area contributed by atoms with Crippen molar-refractivity contribution in [2.24, 2.45) is 0 Å². The number of hydrogen-bond donors (Lipinski definition) is 0. The summed E-state index contributed by atoms with van der Waals surface area (Å²) in [4.78, 5) is 37.0. The van der Waals surface area contributed by atoms with E-state index in [-0.39, 0.29) is 32.2 Å². The molecule has 9 heteroatoms. The van der Waals surface area contributed by atoms with Crippen LogP contribution < -0.4 is 5.11 Å². The largest absolute Gasteiger partial charge is 0.545 e. The average molecular weight is 951 g/mol. The van der Waals surface area contributed by atoms with Crippen molar-refractivity contribution < 1.29 is 42.9 Å². The van der Waals surface area contributed by atoms with Crippen LogP contribution in [0.2, 0.25) is 0 Å². The topological polar surface area (TPSA) is 111 Å². The van der Waals surface area contributed by atoms with Gasteiger partial charge in [-0.05, 0) is 38.5 Å². The summed E-state index contributed by atoms with van der Waals surface area (Å²) < 4.78 is 22.6. The smallest absolute Gasteiger partial charge is 0.306 e. The third-order valence-corrected chi connectivity index (χ3v) is 13.0. The van der Waals surface area contributed by atoms with Gasteiger partial charge in [-0.15, -0.1) is 0 Å². The lowest BCUT2D eigenvalue weighted by molar-refractivity contribution is -0.870. The number of carboxylic acids is 1. The van der Waals surface area contributed by atoms with Gasteiger partial charge in [0.05, 0.1) is 40.3 Å². The Morgan fingerprint density at radius 1 is 0.433 bits per heavy atom. The standard InChI is InChI=1S/C58H111NO8/c1-6-8-10-12-14-16-17-18-19-20-21-22-23-24-25-26-27-28-29-30-31-32-33-34-35-36-37-38-39-41-43-45-47-49-56(61)67-54(53-66-58(57(62)63)64-51-50-59(3,4)5)52-65-55(60)48-46-44-42-40-15-13-11-9-7-2/h20-21,54,58H,6-19,22-53H2,1-5H3/b21-20-. The minimum Gasteiger partial charge on any atom is -0.545 e. The van der Waals surface area contributed by atoms with E-state index in [2.05, 4.69) is 26.0 Å². The van der Waals surface area contributed by atoms with Crippen LogP contribution in [0.5, 0.6) is 0 Å². The molecule has 67 heavy (non-hydrogen) atoms. The fraction of sp³-hybridized carbons (Fsp3) is 0.914. The predicted octanol–water partition coefficient (Wildman–Crippen LogP) is 15.2. The highest BCUT2D eigenvalue weighted by Gasteiger charge is 2.22. The van der Waals surface area contributed by atoms with E-state index in [1.54, 1.807) is 0 Å². The van der Waals surface area contributed by atoms with Crippen molar-refractivity contribution in [3.05, 3.63) is 12.2 Å². The summed E-state index contributed by atoms with van der Waals surface area (Å²) >= 11 is 0. The summed E-state index contributed by atoms with van der Waals surface area (Å²) in [5.41, 5.74) is 0. The lowest BCUT2D eigenvalue weighted by Crippen LogP contribution is -2.44. The number of esters is 2. The molecule has 0 aromatic heterocycles. The van der Waals surface area contributed by atoms with Crippen LogP contribution in [0.1, 0.15) is 284 Å². The zero-order chi connectivity index (χ0) is 49.2. The molecule has 9 nitrogen and oxygen atoms in total. The van der Waals surface area contributed by atoms with Gasteiger partial charge in [-0.1, -0.05) is 244 Å². The van der Waals surface area contributed by atoms with Gasteiger partial charge in [0.1, 0.15) is 13.2 Å². The summed E-state index contributed by atoms with van der Waals surface area (Å²) in [5, 5.41) is 11.7. The van der Waals surface area contributed by atoms with Crippen LogP contribution in [0.25, 0.3) is 0 Å². The molecule has 0 saturated carbocycles. The van der Waals surface area contributed by atoms with Gasteiger partial charge in [0.25, 0.3) is 0 Å². The summed E-state index contributed by atoms with van der Waals surface area (Å²) in [6, 6.07) is 0. The van der Waals surface area contributed by atoms with Crippen LogP contribution in [0, 0.1) is 0 Å². The molecule has 0 spiro atoms. The van der Waals surface area contributed by atoms with E-state index in [0.29, 0.717) is 17.4 Å². The number of hydrogen-bond acceptors (Lipinski definition) is 8. The van der Waals surface area contributed by atoms with Crippen LogP contribution in [0.4, 0.5) is 0 Å². The molecule has 0 N–H and O–H groups in total. The van der Waals surface area contributed by atoms with Crippen LogP contribution >= 0.6 is 0 Å². The van der Waals surface area contributed by atoms with Gasteiger partial charge in [-0.3, -0.25) is 9.59 Å². The highest BCUT2D eigenvalue weighted by atomic mass is 16.7. The molecule has 0 aliphatic carbocycles. The average Bonchev–Trinajstić information content (AvgIpc) is 3.29. The summed E-state index contributed by atoms with van der Waals surface area (Å²) in [5.74, 6) is -2.27. The molecule has 396 valence electrons. The maximum atomic E-state index is 12.8. The molecule has 0 rings (SSSR count). The van der Waals surface area contributed by atoms with Gasteiger partial charge in [0.2, 0.25) is 0 Å². The molecule has 0 radical (unpaired) electrons. The molecular weight excluding hydrogens is 839 g/mol. The van der Waals surface area contributed by atoms with Crippen molar-refractivity contribution in [1.29, 1.82) is 0 Å². The Bertz CT molecular complexity index is 1110. The lowest BCUT2D eigenvalue weighted by atomic mass is 10.0. The number of quaternary nitrogens is 1. The SMILES string of the molecule is CCCCCCCCCC/C=C\CCCCCCCCCCCCCCCCCCCCCCCC(=O)OC(COC(=O)CCCCCCCCCCC)COC(OCC[N+](C)(C)C)C(=O)[O-]. The van der Waals surface area contributed by atoms with Gasteiger partial charge in [0, 0.05) is 12.8 Å². The first-order valence-electron chi connectivity index (χ1n) is 28.8. The molecule has 0 aromatic rings. The molecule has 0 aliphatic rings. The number of carbonyl (C=O) groups is 3. The number of unbranched alkanes of at least 4 members (excludes halogenated alkanes) is 37. The summed E-state index contributed by atoms with van der Waals surface area (Å²) in [7, 11) is 5.92. The number of allylic oxidation sites excluding steroid dienone is 2. The normalized spacial score (nSPS) is 12.8. The maximum absolute atomic E-state index is 12.8. The Balaban J connectivity index is 3.95. The van der Waals surface area contributed by atoms with Crippen molar-refractivity contribution in [2.45, 2.75) is 296 Å². The molecular formula is C58H111NO8. The van der Waals surface area contributed by atoms with E-state index in [4.69, 9.17) is 18.9 Å². The van der Waals surface area contributed by atoms with Crippen LogP contribution in [-0.2, 0) is 33.3 Å². The number of rotatable bonds is 54. The summed E-state index contributed by atoms with van der Waals surface area (Å²) in [6.07, 6.45) is 54.4. The van der Waals surface area contributed by atoms with E-state index in [1.807, 2.05) is 21.1 Å². The Hall–Kier alpha value is -1.97. The highest BCUT2D eigenvalue weighted by molar-refractivity contribution is 5.70. The zero-order valence-electron chi connectivity index (χ0n) is 45.0. The van der Waals surface area contributed by atoms with Gasteiger partial charge >= 0.3 is 11.9 Å². The molecule has 0 fully saturated rings. The number of nitrogens with zero attached hydrogens (tertiary/aromatic N) is 1. The first-order valence-corrected chi connectivity index (χ1v) is 28.8. The first-order chi connectivity index (χ1) is 32.6. The second-order valence-electron chi connectivity index (χ2n) is 20.9. The summed E-state index contributed by atoms with van der Waals surface area (Å²) in [6.45, 7) is 4.76. The van der Waals surface area contributed by atoms with Crippen molar-refractivity contribution in [1.82, 2.24) is 0 Å². The van der Waals surface area contributed by atoms with Crippen molar-refractivity contribution in [3.63, 3.8) is 0 Å². The van der Waals surface area contributed by atoms with Gasteiger partial charge in [-0.2, -0.15) is 0 Å². The van der Waals surface area contributed by atoms with Gasteiger partial charge < -0.3 is 33.3 Å². The number of aliphatic carboxylic acids is 1. The minimum atomic E-state index is -1.61.